The number of amides is 3. The molecule has 3 amide bonds. The van der Waals surface area contributed by atoms with Crippen LogP contribution in [0.3, 0.4) is 0 Å². The van der Waals surface area contributed by atoms with Crippen LogP contribution in [-0.2, 0) is 17.9 Å². The van der Waals surface area contributed by atoms with Crippen molar-refractivity contribution in [1.29, 1.82) is 0 Å². The minimum absolute atomic E-state index is 0.241. The van der Waals surface area contributed by atoms with Gasteiger partial charge in [0.1, 0.15) is 17.7 Å². The Labute approximate surface area is 187 Å². The van der Waals surface area contributed by atoms with Crippen LogP contribution < -0.4 is 16.0 Å². The summed E-state index contributed by atoms with van der Waals surface area (Å²) in [5.74, 6) is 0.332. The van der Waals surface area contributed by atoms with Gasteiger partial charge in [0.25, 0.3) is 0 Å². The molecule has 1 heterocycles. The van der Waals surface area contributed by atoms with Crippen LogP contribution in [0.2, 0.25) is 0 Å². The Balaban J connectivity index is 1.52. The maximum atomic E-state index is 13.0. The molecule has 3 aromatic rings. The van der Waals surface area contributed by atoms with Crippen LogP contribution in [0, 0.1) is 12.7 Å². The zero-order valence-corrected chi connectivity index (χ0v) is 18.3. The van der Waals surface area contributed by atoms with E-state index in [9.17, 15) is 14.0 Å². The van der Waals surface area contributed by atoms with Crippen molar-refractivity contribution in [1.82, 2.24) is 20.2 Å². The van der Waals surface area contributed by atoms with Gasteiger partial charge in [0.2, 0.25) is 5.91 Å². The second-order valence-electron chi connectivity index (χ2n) is 7.58. The number of nitrogens with zero attached hydrogens (tertiary/aromatic N) is 2. The standard InChI is InChI=1S/C24H28FN5O2/c1-3-4-22(29-24(32)27-15-18-5-9-20(25)10-6-18)23(31)28-21-11-7-19(8-12-21)16-30-14-13-26-17(30)2/h5-14,22H,3-4,15-16H2,1-2H3,(H,28,31)(H2,27,29,32). The van der Waals surface area contributed by atoms with Crippen LogP contribution >= 0.6 is 0 Å². The van der Waals surface area contributed by atoms with Gasteiger partial charge in [0, 0.05) is 31.2 Å². The third-order valence-corrected chi connectivity index (χ3v) is 5.06. The Kier molecular flexibility index (Phi) is 7.96. The van der Waals surface area contributed by atoms with E-state index in [0.717, 1.165) is 23.4 Å². The summed E-state index contributed by atoms with van der Waals surface area (Å²) >= 11 is 0. The van der Waals surface area contributed by atoms with Crippen LogP contribution in [0.25, 0.3) is 0 Å². The SMILES string of the molecule is CCCC(NC(=O)NCc1ccc(F)cc1)C(=O)Nc1ccc(Cn2ccnc2C)cc1. The molecule has 0 aliphatic carbocycles. The van der Waals surface area contributed by atoms with Crippen molar-refractivity contribution >= 4 is 17.6 Å². The van der Waals surface area contributed by atoms with Gasteiger partial charge in [0.15, 0.2) is 0 Å². The maximum absolute atomic E-state index is 13.0. The first-order chi connectivity index (χ1) is 15.4. The molecule has 32 heavy (non-hydrogen) atoms. The molecule has 0 saturated carbocycles. The highest BCUT2D eigenvalue weighted by atomic mass is 19.1. The van der Waals surface area contributed by atoms with E-state index >= 15 is 0 Å². The first-order valence-electron chi connectivity index (χ1n) is 10.6. The van der Waals surface area contributed by atoms with Crippen molar-refractivity contribution in [2.24, 2.45) is 0 Å². The molecule has 0 aliphatic heterocycles. The van der Waals surface area contributed by atoms with Crippen LogP contribution in [-0.4, -0.2) is 27.5 Å². The summed E-state index contributed by atoms with van der Waals surface area (Å²) < 4.78 is 15.0. The van der Waals surface area contributed by atoms with Crippen molar-refractivity contribution in [3.8, 4) is 0 Å². The largest absolute Gasteiger partial charge is 0.334 e. The molecule has 1 aromatic heterocycles. The molecule has 0 bridgehead atoms. The van der Waals surface area contributed by atoms with Crippen LogP contribution in [0.15, 0.2) is 60.9 Å². The molecule has 3 rings (SSSR count). The van der Waals surface area contributed by atoms with Crippen LogP contribution in [0.1, 0.15) is 36.7 Å². The molecule has 3 N–H and O–H groups in total. The number of hydrogen-bond acceptors (Lipinski definition) is 3. The van der Waals surface area contributed by atoms with E-state index in [0.29, 0.717) is 18.7 Å². The molecule has 2 aromatic carbocycles. The van der Waals surface area contributed by atoms with Crippen molar-refractivity contribution < 1.29 is 14.0 Å². The number of rotatable bonds is 9. The van der Waals surface area contributed by atoms with Crippen molar-refractivity contribution in [2.75, 3.05) is 5.32 Å². The molecule has 1 unspecified atom stereocenters. The Bertz CT molecular complexity index is 1030. The number of nitrogens with one attached hydrogen (secondary N) is 3. The number of carbonyl (C=O) groups is 2. The summed E-state index contributed by atoms with van der Waals surface area (Å²) in [7, 11) is 0. The zero-order valence-electron chi connectivity index (χ0n) is 18.3. The van der Waals surface area contributed by atoms with E-state index in [2.05, 4.69) is 20.9 Å². The number of urea groups is 1. The van der Waals surface area contributed by atoms with E-state index in [1.807, 2.05) is 48.9 Å². The molecule has 1 atom stereocenters. The summed E-state index contributed by atoms with van der Waals surface area (Å²) in [6.07, 6.45) is 4.93. The normalized spacial score (nSPS) is 11.6. The quantitative estimate of drug-likeness (QED) is 0.473. The molecule has 0 radical (unpaired) electrons. The van der Waals surface area contributed by atoms with Gasteiger partial charge in [-0.05, 0) is 48.7 Å². The molecule has 0 saturated heterocycles. The first-order valence-corrected chi connectivity index (χ1v) is 10.6. The third kappa shape index (κ3) is 6.66. The van der Waals surface area contributed by atoms with E-state index in [1.165, 1.54) is 12.1 Å². The van der Waals surface area contributed by atoms with Gasteiger partial charge >= 0.3 is 6.03 Å². The monoisotopic (exact) mass is 437 g/mol. The molecule has 8 heteroatoms. The lowest BCUT2D eigenvalue weighted by atomic mass is 10.1. The average molecular weight is 438 g/mol. The Morgan fingerprint density at radius 2 is 1.75 bits per heavy atom. The average Bonchev–Trinajstić information content (AvgIpc) is 3.18. The van der Waals surface area contributed by atoms with Gasteiger partial charge in [0.05, 0.1) is 0 Å². The molecule has 0 spiro atoms. The number of benzene rings is 2. The highest BCUT2D eigenvalue weighted by Gasteiger charge is 2.20. The summed E-state index contributed by atoms with van der Waals surface area (Å²) in [4.78, 5) is 29.2. The van der Waals surface area contributed by atoms with Gasteiger partial charge in [-0.1, -0.05) is 37.6 Å². The lowest BCUT2D eigenvalue weighted by Gasteiger charge is -2.18. The number of anilines is 1. The second-order valence-corrected chi connectivity index (χ2v) is 7.58. The number of aryl methyl sites for hydroxylation is 1. The van der Waals surface area contributed by atoms with Crippen molar-refractivity contribution in [2.45, 2.75) is 45.8 Å². The predicted molar refractivity (Wildman–Crippen MR) is 122 cm³/mol. The van der Waals surface area contributed by atoms with Gasteiger partial charge in [-0.15, -0.1) is 0 Å². The lowest BCUT2D eigenvalue weighted by molar-refractivity contribution is -0.118. The lowest BCUT2D eigenvalue weighted by Crippen LogP contribution is -2.47. The van der Waals surface area contributed by atoms with E-state index in [-0.39, 0.29) is 18.3 Å². The van der Waals surface area contributed by atoms with E-state index in [1.54, 1.807) is 18.3 Å². The van der Waals surface area contributed by atoms with E-state index < -0.39 is 12.1 Å². The topological polar surface area (TPSA) is 88.0 Å². The fourth-order valence-electron chi connectivity index (χ4n) is 3.24. The summed E-state index contributed by atoms with van der Waals surface area (Å²) in [6, 6.07) is 12.4. The van der Waals surface area contributed by atoms with Crippen LogP contribution in [0.4, 0.5) is 14.9 Å². The summed E-state index contributed by atoms with van der Waals surface area (Å²) in [6.45, 7) is 4.84. The Morgan fingerprint density at radius 1 is 1.06 bits per heavy atom. The predicted octanol–water partition coefficient (Wildman–Crippen LogP) is 3.99. The fourth-order valence-corrected chi connectivity index (χ4v) is 3.24. The zero-order chi connectivity index (χ0) is 22.9. The minimum atomic E-state index is -0.665. The molecule has 168 valence electrons. The van der Waals surface area contributed by atoms with Gasteiger partial charge < -0.3 is 20.5 Å². The molecular formula is C24H28FN5O2. The molecule has 7 nitrogen and oxygen atoms in total. The number of hydrogen-bond donors (Lipinski definition) is 3. The highest BCUT2D eigenvalue weighted by molar-refractivity contribution is 5.97. The molecule has 0 fully saturated rings. The first kappa shape index (κ1) is 23.0. The van der Waals surface area contributed by atoms with Crippen molar-refractivity contribution in [3.05, 3.63) is 83.7 Å². The molecular weight excluding hydrogens is 409 g/mol. The number of aromatic nitrogens is 2. The summed E-state index contributed by atoms with van der Waals surface area (Å²) in [5.41, 5.74) is 2.52. The summed E-state index contributed by atoms with van der Waals surface area (Å²) in [5, 5.41) is 8.29. The smallest absolute Gasteiger partial charge is 0.315 e. The molecule has 0 aliphatic rings. The Hall–Kier alpha value is -3.68. The third-order valence-electron chi connectivity index (χ3n) is 5.06. The number of imidazole rings is 1. The highest BCUT2D eigenvalue weighted by Crippen LogP contribution is 2.13. The van der Waals surface area contributed by atoms with E-state index in [4.69, 9.17) is 0 Å². The number of halogens is 1. The minimum Gasteiger partial charge on any atom is -0.334 e. The number of carbonyl (C=O) groups excluding carboxylic acids is 2. The second kappa shape index (κ2) is 11.1. The van der Waals surface area contributed by atoms with Crippen molar-refractivity contribution in [3.63, 3.8) is 0 Å². The van der Waals surface area contributed by atoms with Gasteiger partial charge in [-0.3, -0.25) is 4.79 Å². The van der Waals surface area contributed by atoms with Gasteiger partial charge in [-0.2, -0.15) is 0 Å². The maximum Gasteiger partial charge on any atom is 0.315 e. The van der Waals surface area contributed by atoms with Crippen LogP contribution in [0.5, 0.6) is 0 Å². The fraction of sp³-hybridized carbons (Fsp3) is 0.292. The van der Waals surface area contributed by atoms with Gasteiger partial charge in [-0.25, -0.2) is 14.2 Å². The Morgan fingerprint density at radius 3 is 2.38 bits per heavy atom.